The van der Waals surface area contributed by atoms with E-state index < -0.39 is 0 Å². The maximum absolute atomic E-state index is 9.28. The van der Waals surface area contributed by atoms with E-state index in [2.05, 4.69) is 10.3 Å². The van der Waals surface area contributed by atoms with Gasteiger partial charge in [0.15, 0.2) is 0 Å². The van der Waals surface area contributed by atoms with E-state index in [0.29, 0.717) is 17.4 Å². The Balaban J connectivity index is 2.16. The highest BCUT2D eigenvalue weighted by molar-refractivity contribution is 5.55. The Labute approximate surface area is 107 Å². The van der Waals surface area contributed by atoms with Gasteiger partial charge in [0.2, 0.25) is 5.88 Å². The lowest BCUT2D eigenvalue weighted by Crippen LogP contribution is -2.27. The van der Waals surface area contributed by atoms with Crippen LogP contribution in [0.2, 0.25) is 0 Å². The van der Waals surface area contributed by atoms with E-state index >= 15 is 0 Å². The number of aliphatic hydroxyl groups is 1. The summed E-state index contributed by atoms with van der Waals surface area (Å²) in [5, 5.41) is 12.5. The zero-order chi connectivity index (χ0) is 13.4. The zero-order valence-electron chi connectivity index (χ0n) is 11.2. The summed E-state index contributed by atoms with van der Waals surface area (Å²) in [6.45, 7) is 5.97. The van der Waals surface area contributed by atoms with Gasteiger partial charge in [0.05, 0.1) is 17.8 Å². The highest BCUT2D eigenvalue weighted by atomic mass is 16.5. The lowest BCUT2D eigenvalue weighted by molar-refractivity contribution is 0.125. The summed E-state index contributed by atoms with van der Waals surface area (Å²) >= 11 is 0. The first-order valence-electron chi connectivity index (χ1n) is 6.18. The smallest absolute Gasteiger partial charge is 0.239 e. The van der Waals surface area contributed by atoms with Crippen molar-refractivity contribution in [1.82, 2.24) is 4.98 Å². The van der Waals surface area contributed by atoms with Gasteiger partial charge in [-0.05, 0) is 45.7 Å². The summed E-state index contributed by atoms with van der Waals surface area (Å²) in [6.07, 6.45) is 1.93. The molecule has 1 aliphatic carbocycles. The number of nitrogens with zero attached hydrogens (tertiary/aromatic N) is 1. The van der Waals surface area contributed by atoms with Gasteiger partial charge in [-0.2, -0.15) is 4.98 Å². The van der Waals surface area contributed by atoms with Crippen LogP contribution in [-0.4, -0.2) is 27.8 Å². The fourth-order valence-electron chi connectivity index (χ4n) is 1.64. The van der Waals surface area contributed by atoms with Crippen LogP contribution in [0.1, 0.15) is 33.6 Å². The second-order valence-corrected chi connectivity index (χ2v) is 5.87. The predicted molar refractivity (Wildman–Crippen MR) is 71.7 cm³/mol. The van der Waals surface area contributed by atoms with Gasteiger partial charge in [0.25, 0.3) is 0 Å². The van der Waals surface area contributed by atoms with Gasteiger partial charge < -0.3 is 20.9 Å². The van der Waals surface area contributed by atoms with Crippen molar-refractivity contribution in [3.05, 3.63) is 12.1 Å². The molecular weight excluding hydrogens is 230 g/mol. The number of aromatic nitrogens is 1. The topological polar surface area (TPSA) is 80.4 Å². The molecule has 0 saturated heterocycles. The number of nitrogen functional groups attached to an aromatic ring is 1. The number of anilines is 2. The third-order valence-electron chi connectivity index (χ3n) is 2.84. The number of nitrogens with one attached hydrogen (secondary N) is 1. The summed E-state index contributed by atoms with van der Waals surface area (Å²) in [4.78, 5) is 4.36. The number of aliphatic hydroxyl groups excluding tert-OH is 1. The van der Waals surface area contributed by atoms with Crippen molar-refractivity contribution in [1.29, 1.82) is 0 Å². The molecule has 0 bridgehead atoms. The van der Waals surface area contributed by atoms with E-state index in [4.69, 9.17) is 10.5 Å². The van der Waals surface area contributed by atoms with Crippen molar-refractivity contribution < 1.29 is 9.84 Å². The van der Waals surface area contributed by atoms with Gasteiger partial charge >= 0.3 is 0 Å². The van der Waals surface area contributed by atoms with Crippen molar-refractivity contribution in [3.63, 3.8) is 0 Å². The summed E-state index contributed by atoms with van der Waals surface area (Å²) < 4.78 is 5.70. The molecule has 4 N–H and O–H groups in total. The van der Waals surface area contributed by atoms with Crippen molar-refractivity contribution >= 4 is 11.5 Å². The molecular formula is C13H21N3O2. The summed E-state index contributed by atoms with van der Waals surface area (Å²) in [5.41, 5.74) is 5.83. The second-order valence-electron chi connectivity index (χ2n) is 5.87. The average molecular weight is 251 g/mol. The zero-order valence-corrected chi connectivity index (χ0v) is 11.2. The van der Waals surface area contributed by atoms with Crippen molar-refractivity contribution in [2.24, 2.45) is 0 Å². The van der Waals surface area contributed by atoms with Crippen LogP contribution in [-0.2, 0) is 0 Å². The largest absolute Gasteiger partial charge is 0.470 e. The fourth-order valence-corrected chi connectivity index (χ4v) is 1.64. The Morgan fingerprint density at radius 3 is 2.61 bits per heavy atom. The Kier molecular flexibility index (Phi) is 3.11. The van der Waals surface area contributed by atoms with Crippen LogP contribution in [0.5, 0.6) is 5.88 Å². The minimum absolute atomic E-state index is 0.120. The molecule has 5 heteroatoms. The molecule has 1 aromatic rings. The van der Waals surface area contributed by atoms with E-state index in [1.807, 2.05) is 20.8 Å². The molecule has 1 aromatic heterocycles. The number of nitrogens with two attached hydrogens (primary N) is 1. The van der Waals surface area contributed by atoms with Crippen LogP contribution >= 0.6 is 0 Å². The summed E-state index contributed by atoms with van der Waals surface area (Å²) in [6, 6.07) is 3.57. The Hall–Kier alpha value is -1.49. The van der Waals surface area contributed by atoms with Gasteiger partial charge in [-0.3, -0.25) is 0 Å². The highest BCUT2D eigenvalue weighted by Gasteiger charge is 2.42. The number of pyridine rings is 1. The molecule has 0 spiro atoms. The van der Waals surface area contributed by atoms with Crippen LogP contribution in [0.15, 0.2) is 12.1 Å². The lowest BCUT2D eigenvalue weighted by atomic mass is 10.2. The van der Waals surface area contributed by atoms with Gasteiger partial charge in [-0.25, -0.2) is 0 Å². The van der Waals surface area contributed by atoms with Crippen LogP contribution in [0.25, 0.3) is 0 Å². The second kappa shape index (κ2) is 4.31. The van der Waals surface area contributed by atoms with Crippen LogP contribution in [0.4, 0.5) is 11.5 Å². The Morgan fingerprint density at radius 1 is 1.44 bits per heavy atom. The van der Waals surface area contributed by atoms with Crippen molar-refractivity contribution in [2.75, 3.05) is 17.7 Å². The number of hydrogen-bond acceptors (Lipinski definition) is 5. The van der Waals surface area contributed by atoms with Crippen LogP contribution < -0.4 is 15.8 Å². The van der Waals surface area contributed by atoms with Gasteiger partial charge in [-0.1, -0.05) is 0 Å². The molecule has 0 atom stereocenters. The molecule has 1 aliphatic rings. The number of ether oxygens (including phenoxy) is 1. The van der Waals surface area contributed by atoms with Gasteiger partial charge in [0.1, 0.15) is 11.4 Å². The quantitative estimate of drug-likeness (QED) is 0.760. The van der Waals surface area contributed by atoms with Crippen LogP contribution in [0.3, 0.4) is 0 Å². The molecule has 5 nitrogen and oxygen atoms in total. The van der Waals surface area contributed by atoms with Crippen LogP contribution in [0, 0.1) is 0 Å². The van der Waals surface area contributed by atoms with E-state index in [0.717, 1.165) is 12.8 Å². The molecule has 0 aliphatic heterocycles. The van der Waals surface area contributed by atoms with E-state index in [-0.39, 0.29) is 17.7 Å². The minimum Gasteiger partial charge on any atom is -0.470 e. The molecule has 0 aromatic carbocycles. The van der Waals surface area contributed by atoms with E-state index in [1.54, 1.807) is 12.1 Å². The third kappa shape index (κ3) is 3.04. The standard InChI is InChI=1S/C13H21N3O2/c1-12(2,3)18-11-9(14)4-5-10(15-11)16-13(8-17)6-7-13/h4-5,17H,6-8,14H2,1-3H3,(H,15,16). The minimum atomic E-state index is -0.339. The number of hydrogen-bond donors (Lipinski definition) is 3. The SMILES string of the molecule is CC(C)(C)Oc1nc(NC2(CO)CC2)ccc1N. The van der Waals surface area contributed by atoms with E-state index in [1.165, 1.54) is 0 Å². The molecule has 1 heterocycles. The molecule has 1 saturated carbocycles. The van der Waals surface area contributed by atoms with Crippen molar-refractivity contribution in [2.45, 2.75) is 44.8 Å². The maximum Gasteiger partial charge on any atom is 0.239 e. The van der Waals surface area contributed by atoms with Gasteiger partial charge in [-0.15, -0.1) is 0 Å². The molecule has 18 heavy (non-hydrogen) atoms. The first kappa shape index (κ1) is 13.0. The predicted octanol–water partition coefficient (Wildman–Crippen LogP) is 1.78. The van der Waals surface area contributed by atoms with E-state index in [9.17, 15) is 5.11 Å². The number of rotatable bonds is 4. The Bertz CT molecular complexity index is 436. The molecule has 1 fully saturated rings. The molecule has 0 unspecified atom stereocenters. The molecule has 2 rings (SSSR count). The van der Waals surface area contributed by atoms with Crippen molar-refractivity contribution in [3.8, 4) is 5.88 Å². The molecule has 100 valence electrons. The third-order valence-corrected chi connectivity index (χ3v) is 2.84. The highest BCUT2D eigenvalue weighted by Crippen LogP contribution is 2.38. The Morgan fingerprint density at radius 2 is 2.11 bits per heavy atom. The summed E-state index contributed by atoms with van der Waals surface area (Å²) in [5.74, 6) is 1.12. The first-order valence-corrected chi connectivity index (χ1v) is 6.18. The maximum atomic E-state index is 9.28. The average Bonchev–Trinajstić information content (AvgIpc) is 3.02. The molecule has 0 radical (unpaired) electrons. The fraction of sp³-hybridized carbons (Fsp3) is 0.615. The van der Waals surface area contributed by atoms with Gasteiger partial charge in [0, 0.05) is 0 Å². The monoisotopic (exact) mass is 251 g/mol. The first-order chi connectivity index (χ1) is 8.34. The molecule has 0 amide bonds. The normalized spacial score (nSPS) is 17.3. The lowest BCUT2D eigenvalue weighted by Gasteiger charge is -2.22. The summed E-state index contributed by atoms with van der Waals surface area (Å²) in [7, 11) is 0.